The summed E-state index contributed by atoms with van der Waals surface area (Å²) in [6.07, 6.45) is 0. The third-order valence-corrected chi connectivity index (χ3v) is 2.05. The molecule has 0 bridgehead atoms. The lowest BCUT2D eigenvalue weighted by Crippen LogP contribution is -2.09. The lowest BCUT2D eigenvalue weighted by molar-refractivity contribution is 0.366. The number of hydrogen-bond acceptors (Lipinski definition) is 3. The minimum Gasteiger partial charge on any atom is -0.504 e. The molecule has 13 heavy (non-hydrogen) atoms. The first-order valence-corrected chi connectivity index (χ1v) is 4.20. The third kappa shape index (κ3) is 1.75. The lowest BCUT2D eigenvalue weighted by atomic mass is 10.0. The Morgan fingerprint density at radius 2 is 2.08 bits per heavy atom. The van der Waals surface area contributed by atoms with Crippen LogP contribution in [0, 0.1) is 6.92 Å². The van der Waals surface area contributed by atoms with Crippen LogP contribution >= 0.6 is 0 Å². The number of methoxy groups -OCH3 is 1. The Labute approximate surface area is 78.1 Å². The van der Waals surface area contributed by atoms with Crippen molar-refractivity contribution in [1.29, 1.82) is 0 Å². The van der Waals surface area contributed by atoms with E-state index in [2.05, 4.69) is 0 Å². The van der Waals surface area contributed by atoms with Gasteiger partial charge in [0.05, 0.1) is 7.11 Å². The zero-order valence-corrected chi connectivity index (χ0v) is 8.16. The molecule has 3 N–H and O–H groups in total. The maximum Gasteiger partial charge on any atom is 0.165 e. The molecule has 1 aromatic carbocycles. The second-order valence-electron chi connectivity index (χ2n) is 3.14. The number of nitrogens with two attached hydrogens (primary N) is 1. The summed E-state index contributed by atoms with van der Waals surface area (Å²) in [5.41, 5.74) is 7.66. The number of benzene rings is 1. The molecule has 0 aliphatic heterocycles. The Morgan fingerprint density at radius 1 is 1.46 bits per heavy atom. The van der Waals surface area contributed by atoms with Crippen molar-refractivity contribution in [3.8, 4) is 11.5 Å². The topological polar surface area (TPSA) is 55.5 Å². The Morgan fingerprint density at radius 3 is 2.46 bits per heavy atom. The van der Waals surface area contributed by atoms with Gasteiger partial charge in [-0.15, -0.1) is 0 Å². The van der Waals surface area contributed by atoms with Crippen molar-refractivity contribution in [3.63, 3.8) is 0 Å². The molecule has 0 aromatic heterocycles. The Kier molecular flexibility index (Phi) is 2.78. The van der Waals surface area contributed by atoms with Gasteiger partial charge in [-0.05, 0) is 25.5 Å². The molecule has 0 aliphatic rings. The van der Waals surface area contributed by atoms with Crippen molar-refractivity contribution in [2.24, 2.45) is 5.73 Å². The summed E-state index contributed by atoms with van der Waals surface area (Å²) in [6, 6.07) is 3.30. The molecule has 0 amide bonds. The summed E-state index contributed by atoms with van der Waals surface area (Å²) < 4.78 is 5.09. The summed E-state index contributed by atoms with van der Waals surface area (Å²) >= 11 is 0. The maximum absolute atomic E-state index is 9.48. The first kappa shape index (κ1) is 9.86. The smallest absolute Gasteiger partial charge is 0.165 e. The van der Waals surface area contributed by atoms with E-state index in [0.717, 1.165) is 11.1 Å². The van der Waals surface area contributed by atoms with E-state index in [9.17, 15) is 5.11 Å². The molecular formula is C10H15NO2. The van der Waals surface area contributed by atoms with Crippen LogP contribution in [-0.2, 0) is 0 Å². The summed E-state index contributed by atoms with van der Waals surface area (Å²) in [4.78, 5) is 0. The average molecular weight is 181 g/mol. The van der Waals surface area contributed by atoms with Gasteiger partial charge in [-0.3, -0.25) is 0 Å². The molecule has 3 nitrogen and oxygen atoms in total. The van der Waals surface area contributed by atoms with Crippen LogP contribution in [0.1, 0.15) is 24.1 Å². The zero-order chi connectivity index (χ0) is 10.0. The fourth-order valence-electron chi connectivity index (χ4n) is 1.47. The molecule has 1 rings (SSSR count). The first-order valence-electron chi connectivity index (χ1n) is 4.20. The van der Waals surface area contributed by atoms with Gasteiger partial charge in [-0.2, -0.15) is 0 Å². The molecule has 0 saturated carbocycles. The number of phenols is 1. The minimum absolute atomic E-state index is 0.137. The fraction of sp³-hybridized carbons (Fsp3) is 0.400. The Bertz CT molecular complexity index is 308. The predicted molar refractivity (Wildman–Crippen MR) is 52.0 cm³/mol. The standard InChI is InChI=1S/C10H15NO2/c1-6-4-5-8(12)10(13-3)9(6)7(2)11/h4-5,7,12H,11H2,1-3H3. The molecular weight excluding hydrogens is 166 g/mol. The molecule has 0 radical (unpaired) electrons. The highest BCUT2D eigenvalue weighted by Gasteiger charge is 2.14. The second-order valence-corrected chi connectivity index (χ2v) is 3.14. The van der Waals surface area contributed by atoms with Gasteiger partial charge in [0.2, 0.25) is 0 Å². The molecule has 0 fully saturated rings. The second kappa shape index (κ2) is 3.66. The molecule has 3 heteroatoms. The molecule has 0 heterocycles. The molecule has 0 spiro atoms. The van der Waals surface area contributed by atoms with Crippen LogP contribution in [0.3, 0.4) is 0 Å². The van der Waals surface area contributed by atoms with Gasteiger partial charge in [0.25, 0.3) is 0 Å². The van der Waals surface area contributed by atoms with Crippen molar-refractivity contribution in [1.82, 2.24) is 0 Å². The SMILES string of the molecule is COc1c(O)ccc(C)c1C(C)N. The van der Waals surface area contributed by atoms with E-state index >= 15 is 0 Å². The van der Waals surface area contributed by atoms with Gasteiger partial charge < -0.3 is 15.6 Å². The van der Waals surface area contributed by atoms with Crippen molar-refractivity contribution in [2.45, 2.75) is 19.9 Å². The van der Waals surface area contributed by atoms with Gasteiger partial charge in [-0.1, -0.05) is 6.07 Å². The van der Waals surface area contributed by atoms with E-state index in [0.29, 0.717) is 5.75 Å². The largest absolute Gasteiger partial charge is 0.504 e. The number of hydrogen-bond donors (Lipinski definition) is 2. The van der Waals surface area contributed by atoms with Gasteiger partial charge in [0.15, 0.2) is 11.5 Å². The number of ether oxygens (including phenoxy) is 1. The van der Waals surface area contributed by atoms with E-state index in [1.807, 2.05) is 19.9 Å². The van der Waals surface area contributed by atoms with E-state index in [1.165, 1.54) is 7.11 Å². The van der Waals surface area contributed by atoms with Crippen LogP contribution in [0.2, 0.25) is 0 Å². The van der Waals surface area contributed by atoms with Gasteiger partial charge in [0, 0.05) is 11.6 Å². The van der Waals surface area contributed by atoms with E-state index in [1.54, 1.807) is 6.07 Å². The molecule has 0 aliphatic carbocycles. The van der Waals surface area contributed by atoms with Gasteiger partial charge in [-0.25, -0.2) is 0 Å². The quantitative estimate of drug-likeness (QED) is 0.730. The Balaban J connectivity index is 3.35. The predicted octanol–water partition coefficient (Wildman–Crippen LogP) is 1.73. The maximum atomic E-state index is 9.48. The monoisotopic (exact) mass is 181 g/mol. The number of phenolic OH excluding ortho intramolecular Hbond substituents is 1. The molecule has 1 aromatic rings. The molecule has 1 atom stereocenters. The van der Waals surface area contributed by atoms with Crippen molar-refractivity contribution in [3.05, 3.63) is 23.3 Å². The van der Waals surface area contributed by atoms with E-state index in [-0.39, 0.29) is 11.8 Å². The highest BCUT2D eigenvalue weighted by Crippen LogP contribution is 2.35. The van der Waals surface area contributed by atoms with Gasteiger partial charge in [0.1, 0.15) is 0 Å². The lowest BCUT2D eigenvalue weighted by Gasteiger charge is -2.15. The molecule has 1 unspecified atom stereocenters. The van der Waals surface area contributed by atoms with Crippen LogP contribution in [0.25, 0.3) is 0 Å². The Hall–Kier alpha value is -1.22. The highest BCUT2D eigenvalue weighted by atomic mass is 16.5. The normalized spacial score (nSPS) is 12.6. The number of aryl methyl sites for hydroxylation is 1. The van der Waals surface area contributed by atoms with Gasteiger partial charge >= 0.3 is 0 Å². The van der Waals surface area contributed by atoms with E-state index in [4.69, 9.17) is 10.5 Å². The number of rotatable bonds is 2. The van der Waals surface area contributed by atoms with Crippen molar-refractivity contribution >= 4 is 0 Å². The van der Waals surface area contributed by atoms with Crippen molar-refractivity contribution in [2.75, 3.05) is 7.11 Å². The molecule has 0 saturated heterocycles. The summed E-state index contributed by atoms with van der Waals surface area (Å²) in [5.74, 6) is 0.621. The van der Waals surface area contributed by atoms with Crippen LogP contribution in [0.4, 0.5) is 0 Å². The summed E-state index contributed by atoms with van der Waals surface area (Å²) in [5, 5.41) is 9.48. The fourth-order valence-corrected chi connectivity index (χ4v) is 1.47. The van der Waals surface area contributed by atoms with Crippen LogP contribution in [-0.4, -0.2) is 12.2 Å². The number of aromatic hydroxyl groups is 1. The van der Waals surface area contributed by atoms with E-state index < -0.39 is 0 Å². The van der Waals surface area contributed by atoms with Crippen LogP contribution < -0.4 is 10.5 Å². The minimum atomic E-state index is -0.137. The third-order valence-electron chi connectivity index (χ3n) is 2.05. The first-order chi connectivity index (χ1) is 6.07. The van der Waals surface area contributed by atoms with Crippen molar-refractivity contribution < 1.29 is 9.84 Å². The highest BCUT2D eigenvalue weighted by molar-refractivity contribution is 5.50. The summed E-state index contributed by atoms with van der Waals surface area (Å²) in [7, 11) is 1.53. The summed E-state index contributed by atoms with van der Waals surface area (Å²) in [6.45, 7) is 3.81. The average Bonchev–Trinajstić information content (AvgIpc) is 2.07. The zero-order valence-electron chi connectivity index (χ0n) is 8.16. The van der Waals surface area contributed by atoms with Crippen LogP contribution in [0.15, 0.2) is 12.1 Å². The van der Waals surface area contributed by atoms with Crippen LogP contribution in [0.5, 0.6) is 11.5 Å². The molecule has 72 valence electrons.